The smallest absolute Gasteiger partial charge is 0.295 e. The van der Waals surface area contributed by atoms with Crippen molar-refractivity contribution in [1.82, 2.24) is 14.8 Å². The first kappa shape index (κ1) is 21.5. The lowest BCUT2D eigenvalue weighted by Gasteiger charge is -2.26. The van der Waals surface area contributed by atoms with Gasteiger partial charge in [-0.05, 0) is 57.8 Å². The van der Waals surface area contributed by atoms with Gasteiger partial charge >= 0.3 is 0 Å². The number of likely N-dealkylation sites (N-methyl/N-ethyl adjacent to an activating group) is 1. The quantitative estimate of drug-likeness (QED) is 0.430. The highest BCUT2D eigenvalue weighted by Gasteiger charge is 2.45. The number of benzene rings is 1. The lowest BCUT2D eigenvalue weighted by molar-refractivity contribution is -0.140. The fourth-order valence-electron chi connectivity index (χ4n) is 3.46. The van der Waals surface area contributed by atoms with Gasteiger partial charge in [-0.25, -0.2) is 0 Å². The highest BCUT2D eigenvalue weighted by Crippen LogP contribution is 2.39. The van der Waals surface area contributed by atoms with E-state index in [9.17, 15) is 14.7 Å². The summed E-state index contributed by atoms with van der Waals surface area (Å²) >= 11 is 0. The summed E-state index contributed by atoms with van der Waals surface area (Å²) < 4.78 is 5.70. The first-order valence-electron chi connectivity index (χ1n) is 9.89. The molecule has 1 unspecified atom stereocenters. The Hall–Kier alpha value is -3.19. The Morgan fingerprint density at radius 1 is 1.20 bits per heavy atom. The molecule has 0 aliphatic carbocycles. The van der Waals surface area contributed by atoms with E-state index in [1.165, 1.54) is 4.90 Å². The average Bonchev–Trinajstić information content (AvgIpc) is 2.96. The molecule has 1 aromatic heterocycles. The molecule has 0 bridgehead atoms. The van der Waals surface area contributed by atoms with E-state index in [1.54, 1.807) is 48.8 Å². The Bertz CT molecular complexity index is 954. The minimum absolute atomic E-state index is 0.0316. The Morgan fingerprint density at radius 2 is 1.90 bits per heavy atom. The maximum Gasteiger partial charge on any atom is 0.295 e. The molecule has 1 saturated heterocycles. The molecule has 0 spiro atoms. The molecule has 0 radical (unpaired) electrons. The number of ketones is 1. The number of hydrogen-bond donors (Lipinski definition) is 1. The summed E-state index contributed by atoms with van der Waals surface area (Å²) in [5.41, 5.74) is 1.23. The molecule has 2 heterocycles. The first-order valence-corrected chi connectivity index (χ1v) is 9.89. The number of aliphatic hydroxyl groups excluding tert-OH is 1. The van der Waals surface area contributed by atoms with Crippen molar-refractivity contribution < 1.29 is 19.4 Å². The van der Waals surface area contributed by atoms with Crippen LogP contribution >= 0.6 is 0 Å². The van der Waals surface area contributed by atoms with Gasteiger partial charge in [0.2, 0.25) is 0 Å². The fourth-order valence-corrected chi connectivity index (χ4v) is 3.46. The molecule has 3 rings (SSSR count). The number of carbonyl (C=O) groups is 2. The highest BCUT2D eigenvalue weighted by atomic mass is 16.5. The molecule has 0 saturated carbocycles. The van der Waals surface area contributed by atoms with Gasteiger partial charge < -0.3 is 19.6 Å². The monoisotopic (exact) mass is 409 g/mol. The van der Waals surface area contributed by atoms with Crippen molar-refractivity contribution in [3.63, 3.8) is 0 Å². The van der Waals surface area contributed by atoms with Crippen molar-refractivity contribution >= 4 is 17.4 Å². The zero-order valence-electron chi connectivity index (χ0n) is 17.7. The number of ether oxygens (including phenoxy) is 1. The molecule has 1 aliphatic rings. The largest absolute Gasteiger partial charge is 0.507 e. The van der Waals surface area contributed by atoms with Crippen molar-refractivity contribution in [2.45, 2.75) is 26.0 Å². The standard InChI is InChI=1S/C23H27N3O4/c1-15(2)30-18-7-5-6-17(14-18)21(27)19-20(16-8-10-24-11-9-16)26(13-12-25(3)4)23(29)22(19)28/h5-11,14-15,20,27H,12-13H2,1-4H3/b21-19-. The van der Waals surface area contributed by atoms with Crippen LogP contribution in [0.3, 0.4) is 0 Å². The number of aromatic nitrogens is 1. The van der Waals surface area contributed by atoms with E-state index in [4.69, 9.17) is 4.74 Å². The third-order valence-electron chi connectivity index (χ3n) is 4.83. The maximum absolute atomic E-state index is 13.0. The minimum atomic E-state index is -0.691. The third-order valence-corrected chi connectivity index (χ3v) is 4.83. The number of aliphatic hydroxyl groups is 1. The number of pyridine rings is 1. The summed E-state index contributed by atoms with van der Waals surface area (Å²) in [5, 5.41) is 11.1. The lowest BCUT2D eigenvalue weighted by Crippen LogP contribution is -2.35. The van der Waals surface area contributed by atoms with E-state index in [0.717, 1.165) is 5.56 Å². The molecule has 1 aliphatic heterocycles. The third kappa shape index (κ3) is 4.52. The molecule has 7 heteroatoms. The molecule has 7 nitrogen and oxygen atoms in total. The fraction of sp³-hybridized carbons (Fsp3) is 0.348. The highest BCUT2D eigenvalue weighted by molar-refractivity contribution is 6.46. The van der Waals surface area contributed by atoms with Gasteiger partial charge in [0.25, 0.3) is 11.7 Å². The SMILES string of the molecule is CC(C)Oc1cccc(/C(O)=C2/C(=O)C(=O)N(CCN(C)C)C2c2ccncc2)c1. The summed E-state index contributed by atoms with van der Waals surface area (Å²) in [7, 11) is 3.80. The van der Waals surface area contributed by atoms with Crippen LogP contribution < -0.4 is 4.74 Å². The number of hydrogen-bond acceptors (Lipinski definition) is 6. The normalized spacial score (nSPS) is 18.5. The van der Waals surface area contributed by atoms with Gasteiger partial charge in [-0.2, -0.15) is 0 Å². The van der Waals surface area contributed by atoms with Crippen molar-refractivity contribution in [1.29, 1.82) is 0 Å². The molecule has 1 aromatic carbocycles. The van der Waals surface area contributed by atoms with Crippen LogP contribution in [0.15, 0.2) is 54.4 Å². The second-order valence-corrected chi connectivity index (χ2v) is 7.77. The Kier molecular flexibility index (Phi) is 6.52. The summed E-state index contributed by atoms with van der Waals surface area (Å²) in [5.74, 6) is -0.939. The molecule has 2 aromatic rings. The van der Waals surface area contributed by atoms with Gasteiger partial charge in [0.05, 0.1) is 17.7 Å². The number of carbonyl (C=O) groups excluding carboxylic acids is 2. The van der Waals surface area contributed by atoms with Crippen molar-refractivity contribution in [3.8, 4) is 5.75 Å². The molecular weight excluding hydrogens is 382 g/mol. The Labute approximate surface area is 176 Å². The number of rotatable bonds is 7. The van der Waals surface area contributed by atoms with Gasteiger partial charge in [0.15, 0.2) is 0 Å². The van der Waals surface area contributed by atoms with Crippen LogP contribution in [0.2, 0.25) is 0 Å². The van der Waals surface area contributed by atoms with Crippen LogP contribution in [-0.2, 0) is 9.59 Å². The van der Waals surface area contributed by atoms with Gasteiger partial charge in [0.1, 0.15) is 11.5 Å². The summed E-state index contributed by atoms with van der Waals surface area (Å²) in [6.45, 7) is 4.77. The zero-order valence-corrected chi connectivity index (χ0v) is 17.7. The Balaban J connectivity index is 2.10. The van der Waals surface area contributed by atoms with Crippen molar-refractivity contribution in [2.24, 2.45) is 0 Å². The maximum atomic E-state index is 13.0. The van der Waals surface area contributed by atoms with E-state index in [2.05, 4.69) is 4.98 Å². The molecule has 30 heavy (non-hydrogen) atoms. The van der Waals surface area contributed by atoms with Crippen LogP contribution in [-0.4, -0.2) is 64.9 Å². The lowest BCUT2D eigenvalue weighted by atomic mass is 9.96. The molecule has 1 atom stereocenters. The minimum Gasteiger partial charge on any atom is -0.507 e. The number of likely N-dealkylation sites (tertiary alicyclic amines) is 1. The van der Waals surface area contributed by atoms with Crippen LogP contribution in [0.25, 0.3) is 5.76 Å². The van der Waals surface area contributed by atoms with Crippen molar-refractivity contribution in [3.05, 3.63) is 65.5 Å². The van der Waals surface area contributed by atoms with E-state index in [0.29, 0.717) is 24.4 Å². The molecule has 1 fully saturated rings. The van der Waals surface area contributed by atoms with Gasteiger partial charge in [0, 0.05) is 31.0 Å². The van der Waals surface area contributed by atoms with Crippen LogP contribution in [0.5, 0.6) is 5.75 Å². The molecular formula is C23H27N3O4. The van der Waals surface area contributed by atoms with Gasteiger partial charge in [-0.15, -0.1) is 0 Å². The number of Topliss-reactive ketones (excluding diaryl/α,β-unsaturated/α-hetero) is 1. The van der Waals surface area contributed by atoms with Gasteiger partial charge in [-0.1, -0.05) is 12.1 Å². The van der Waals surface area contributed by atoms with Crippen molar-refractivity contribution in [2.75, 3.05) is 27.2 Å². The molecule has 1 N–H and O–H groups in total. The van der Waals surface area contributed by atoms with E-state index < -0.39 is 17.7 Å². The predicted molar refractivity (Wildman–Crippen MR) is 114 cm³/mol. The van der Waals surface area contributed by atoms with Crippen LogP contribution in [0.4, 0.5) is 0 Å². The van der Waals surface area contributed by atoms with E-state index in [-0.39, 0.29) is 17.4 Å². The van der Waals surface area contributed by atoms with E-state index >= 15 is 0 Å². The second kappa shape index (κ2) is 9.09. The number of amides is 1. The van der Waals surface area contributed by atoms with Crippen LogP contribution in [0.1, 0.15) is 31.0 Å². The molecule has 158 valence electrons. The van der Waals surface area contributed by atoms with Crippen LogP contribution in [0, 0.1) is 0 Å². The molecule has 1 amide bonds. The topological polar surface area (TPSA) is 83.0 Å². The number of nitrogens with zero attached hydrogens (tertiary/aromatic N) is 3. The summed E-state index contributed by atoms with van der Waals surface area (Å²) in [6, 6.07) is 9.73. The van der Waals surface area contributed by atoms with E-state index in [1.807, 2.05) is 32.8 Å². The first-order chi connectivity index (χ1) is 14.3. The average molecular weight is 409 g/mol. The summed E-state index contributed by atoms with van der Waals surface area (Å²) in [4.78, 5) is 33.3. The summed E-state index contributed by atoms with van der Waals surface area (Å²) in [6.07, 6.45) is 3.19. The Morgan fingerprint density at radius 3 is 2.53 bits per heavy atom. The zero-order chi connectivity index (χ0) is 21.8. The predicted octanol–water partition coefficient (Wildman–Crippen LogP) is 2.85. The van der Waals surface area contributed by atoms with Gasteiger partial charge in [-0.3, -0.25) is 14.6 Å². The second-order valence-electron chi connectivity index (χ2n) is 7.77.